The summed E-state index contributed by atoms with van der Waals surface area (Å²) in [5.41, 5.74) is 1.37. The Hall–Kier alpha value is -0.860. The molecule has 2 nitrogen and oxygen atoms in total. The van der Waals surface area contributed by atoms with Crippen molar-refractivity contribution < 1.29 is 5.11 Å². The molecule has 2 heteroatoms. The normalized spacial score (nSPS) is 18.8. The summed E-state index contributed by atoms with van der Waals surface area (Å²) >= 11 is 0. The first-order chi connectivity index (χ1) is 7.88. The molecule has 87 valence electrons. The fourth-order valence-corrected chi connectivity index (χ4v) is 2.40. The minimum atomic E-state index is 0.346. The highest BCUT2D eigenvalue weighted by Gasteiger charge is 2.18. The lowest BCUT2D eigenvalue weighted by Gasteiger charge is -2.31. The van der Waals surface area contributed by atoms with Crippen LogP contribution in [-0.2, 0) is 6.54 Å². The first-order valence-electron chi connectivity index (χ1n) is 6.16. The summed E-state index contributed by atoms with van der Waals surface area (Å²) in [7, 11) is 0. The van der Waals surface area contributed by atoms with Gasteiger partial charge in [-0.15, -0.1) is 0 Å². The van der Waals surface area contributed by atoms with Crippen molar-refractivity contribution in [2.24, 2.45) is 5.92 Å². The Morgan fingerprint density at radius 1 is 1.25 bits per heavy atom. The number of aliphatic hydroxyl groups excluding tert-OH is 1. The minimum Gasteiger partial charge on any atom is -0.396 e. The lowest BCUT2D eigenvalue weighted by atomic mass is 9.94. The molecular formula is C14H20NO. The average molecular weight is 218 g/mol. The number of rotatable bonds is 4. The summed E-state index contributed by atoms with van der Waals surface area (Å²) in [6, 6.07) is 11.3. The molecule has 0 spiro atoms. The molecule has 0 saturated carbocycles. The second-order valence-electron chi connectivity index (χ2n) is 4.64. The lowest BCUT2D eigenvalue weighted by Crippen LogP contribution is -2.33. The average Bonchev–Trinajstić information content (AvgIpc) is 2.33. The summed E-state index contributed by atoms with van der Waals surface area (Å²) < 4.78 is 0. The van der Waals surface area contributed by atoms with Gasteiger partial charge in [-0.25, -0.2) is 0 Å². The molecule has 0 atom stereocenters. The van der Waals surface area contributed by atoms with E-state index in [1.54, 1.807) is 0 Å². The monoisotopic (exact) mass is 218 g/mol. The molecule has 1 aromatic carbocycles. The van der Waals surface area contributed by atoms with Gasteiger partial charge in [-0.05, 0) is 49.9 Å². The van der Waals surface area contributed by atoms with Gasteiger partial charge in [0.15, 0.2) is 0 Å². The number of piperidine rings is 1. The van der Waals surface area contributed by atoms with Crippen molar-refractivity contribution >= 4 is 0 Å². The SMILES string of the molecule is OCCC1CCN(Cc2cc[c]cc2)CC1. The van der Waals surface area contributed by atoms with E-state index in [2.05, 4.69) is 23.1 Å². The molecule has 16 heavy (non-hydrogen) atoms. The van der Waals surface area contributed by atoms with Gasteiger partial charge in [0, 0.05) is 13.2 Å². The zero-order valence-electron chi connectivity index (χ0n) is 9.73. The topological polar surface area (TPSA) is 23.5 Å². The molecule has 0 amide bonds. The van der Waals surface area contributed by atoms with E-state index >= 15 is 0 Å². The molecule has 0 aliphatic carbocycles. The summed E-state index contributed by atoms with van der Waals surface area (Å²) in [4.78, 5) is 2.50. The zero-order valence-corrected chi connectivity index (χ0v) is 9.73. The Morgan fingerprint density at radius 2 is 1.94 bits per heavy atom. The van der Waals surface area contributed by atoms with Crippen LogP contribution in [0.3, 0.4) is 0 Å². The second-order valence-corrected chi connectivity index (χ2v) is 4.64. The second kappa shape index (κ2) is 6.02. The molecule has 0 bridgehead atoms. The van der Waals surface area contributed by atoms with Gasteiger partial charge in [0.1, 0.15) is 0 Å². The highest BCUT2D eigenvalue weighted by atomic mass is 16.3. The van der Waals surface area contributed by atoms with E-state index in [1.807, 2.05) is 12.1 Å². The van der Waals surface area contributed by atoms with Crippen molar-refractivity contribution in [2.45, 2.75) is 25.8 Å². The molecule has 1 aliphatic heterocycles. The summed E-state index contributed by atoms with van der Waals surface area (Å²) in [6.45, 7) is 3.74. The van der Waals surface area contributed by atoms with Crippen molar-refractivity contribution in [1.82, 2.24) is 4.90 Å². The van der Waals surface area contributed by atoms with Gasteiger partial charge >= 0.3 is 0 Å². The van der Waals surface area contributed by atoms with E-state index in [9.17, 15) is 0 Å². The van der Waals surface area contributed by atoms with Crippen LogP contribution in [0.15, 0.2) is 24.3 Å². The molecule has 0 unspecified atom stereocenters. The number of nitrogens with zero attached hydrogens (tertiary/aromatic N) is 1. The smallest absolute Gasteiger partial charge is 0.0433 e. The third kappa shape index (κ3) is 3.32. The van der Waals surface area contributed by atoms with Crippen molar-refractivity contribution in [3.8, 4) is 0 Å². The number of aliphatic hydroxyl groups is 1. The Bertz CT molecular complexity index is 291. The standard InChI is InChI=1S/C14H20NO/c16-11-8-13-6-9-15(10-7-13)12-14-4-2-1-3-5-14/h2-5,13,16H,6-12H2. The van der Waals surface area contributed by atoms with Crippen LogP contribution in [0.5, 0.6) is 0 Å². The maximum absolute atomic E-state index is 8.90. The van der Waals surface area contributed by atoms with Crippen LogP contribution in [-0.4, -0.2) is 29.7 Å². The maximum atomic E-state index is 8.90. The van der Waals surface area contributed by atoms with Crippen LogP contribution < -0.4 is 0 Å². The van der Waals surface area contributed by atoms with E-state index in [-0.39, 0.29) is 0 Å². The lowest BCUT2D eigenvalue weighted by molar-refractivity contribution is 0.153. The quantitative estimate of drug-likeness (QED) is 0.836. The fraction of sp³-hybridized carbons (Fsp3) is 0.571. The molecule has 1 heterocycles. The number of hydrogen-bond donors (Lipinski definition) is 1. The predicted octanol–water partition coefficient (Wildman–Crippen LogP) is 2.08. The van der Waals surface area contributed by atoms with Crippen LogP contribution in [0.25, 0.3) is 0 Å². The molecule has 1 saturated heterocycles. The van der Waals surface area contributed by atoms with Crippen molar-refractivity contribution in [1.29, 1.82) is 0 Å². The van der Waals surface area contributed by atoms with Crippen molar-refractivity contribution in [3.63, 3.8) is 0 Å². The van der Waals surface area contributed by atoms with Gasteiger partial charge in [-0.1, -0.05) is 24.3 Å². The highest BCUT2D eigenvalue weighted by molar-refractivity contribution is 5.13. The van der Waals surface area contributed by atoms with E-state index in [4.69, 9.17) is 5.11 Å². The van der Waals surface area contributed by atoms with E-state index in [1.165, 1.54) is 31.5 Å². The molecule has 1 aromatic rings. The Kier molecular flexibility index (Phi) is 4.37. The maximum Gasteiger partial charge on any atom is 0.0433 e. The highest BCUT2D eigenvalue weighted by Crippen LogP contribution is 2.21. The summed E-state index contributed by atoms with van der Waals surface area (Å²) in [6.07, 6.45) is 3.45. The molecule has 1 radical (unpaired) electrons. The van der Waals surface area contributed by atoms with Crippen LogP contribution in [0.4, 0.5) is 0 Å². The molecule has 1 aliphatic rings. The largest absolute Gasteiger partial charge is 0.396 e. The van der Waals surface area contributed by atoms with Gasteiger partial charge < -0.3 is 5.11 Å². The third-order valence-corrected chi connectivity index (χ3v) is 3.44. The predicted molar refractivity (Wildman–Crippen MR) is 65.0 cm³/mol. The van der Waals surface area contributed by atoms with Crippen LogP contribution in [0.1, 0.15) is 24.8 Å². The zero-order chi connectivity index (χ0) is 11.2. The van der Waals surface area contributed by atoms with E-state index in [0.717, 1.165) is 18.9 Å². The van der Waals surface area contributed by atoms with Crippen molar-refractivity contribution in [3.05, 3.63) is 35.9 Å². The first-order valence-corrected chi connectivity index (χ1v) is 6.16. The first kappa shape index (κ1) is 11.6. The Balaban J connectivity index is 1.77. The number of benzene rings is 1. The van der Waals surface area contributed by atoms with Crippen LogP contribution in [0, 0.1) is 12.0 Å². The van der Waals surface area contributed by atoms with Gasteiger partial charge in [0.05, 0.1) is 0 Å². The van der Waals surface area contributed by atoms with E-state index in [0.29, 0.717) is 6.61 Å². The molecule has 1 fully saturated rings. The molecule has 0 aromatic heterocycles. The molecule has 2 rings (SSSR count). The van der Waals surface area contributed by atoms with Crippen molar-refractivity contribution in [2.75, 3.05) is 19.7 Å². The number of hydrogen-bond acceptors (Lipinski definition) is 2. The summed E-state index contributed by atoms with van der Waals surface area (Å²) in [5, 5.41) is 8.90. The Morgan fingerprint density at radius 3 is 2.56 bits per heavy atom. The fourth-order valence-electron chi connectivity index (χ4n) is 2.40. The minimum absolute atomic E-state index is 0.346. The molecular weight excluding hydrogens is 198 g/mol. The van der Waals surface area contributed by atoms with Gasteiger partial charge in [0.25, 0.3) is 0 Å². The van der Waals surface area contributed by atoms with Crippen LogP contribution in [0.2, 0.25) is 0 Å². The van der Waals surface area contributed by atoms with Gasteiger partial charge in [-0.2, -0.15) is 0 Å². The molecule has 1 N–H and O–H groups in total. The third-order valence-electron chi connectivity index (χ3n) is 3.44. The van der Waals surface area contributed by atoms with Gasteiger partial charge in [-0.3, -0.25) is 4.90 Å². The van der Waals surface area contributed by atoms with Crippen LogP contribution >= 0.6 is 0 Å². The number of likely N-dealkylation sites (tertiary alicyclic amines) is 1. The van der Waals surface area contributed by atoms with Gasteiger partial charge in [0.2, 0.25) is 0 Å². The Labute approximate surface area is 97.9 Å². The summed E-state index contributed by atoms with van der Waals surface area (Å²) in [5.74, 6) is 0.741. The van der Waals surface area contributed by atoms with E-state index < -0.39 is 0 Å².